The molecule has 0 spiro atoms. The molecular weight excluding hydrogens is 320 g/mol. The molecule has 0 aliphatic carbocycles. The summed E-state index contributed by atoms with van der Waals surface area (Å²) in [5, 5.41) is 14.2. The van der Waals surface area contributed by atoms with Crippen LogP contribution in [0.2, 0.25) is 0 Å². The van der Waals surface area contributed by atoms with Gasteiger partial charge in [-0.15, -0.1) is 6.58 Å². The van der Waals surface area contributed by atoms with Crippen molar-refractivity contribution in [3.05, 3.63) is 82.4 Å². The van der Waals surface area contributed by atoms with Gasteiger partial charge in [-0.1, -0.05) is 25.1 Å². The molecule has 6 heteroatoms. The number of methoxy groups -OCH3 is 1. The van der Waals surface area contributed by atoms with Gasteiger partial charge >= 0.3 is 5.97 Å². The number of nitrogens with one attached hydrogen (secondary N) is 1. The molecule has 6 nitrogen and oxygen atoms in total. The van der Waals surface area contributed by atoms with E-state index in [1.807, 2.05) is 13.0 Å². The Balaban J connectivity index is 2.24. The Bertz CT molecular complexity index is 754. The predicted octanol–water partition coefficient (Wildman–Crippen LogP) is 4.36. The third kappa shape index (κ3) is 4.44. The van der Waals surface area contributed by atoms with Crippen LogP contribution in [-0.2, 0) is 4.74 Å². The summed E-state index contributed by atoms with van der Waals surface area (Å²) in [7, 11) is 1.34. The largest absolute Gasteiger partial charge is 0.465 e. The van der Waals surface area contributed by atoms with E-state index in [1.165, 1.54) is 19.2 Å². The van der Waals surface area contributed by atoms with E-state index in [4.69, 9.17) is 0 Å². The molecule has 0 fully saturated rings. The van der Waals surface area contributed by atoms with Crippen molar-refractivity contribution in [2.75, 3.05) is 12.4 Å². The predicted molar refractivity (Wildman–Crippen MR) is 96.6 cm³/mol. The first kappa shape index (κ1) is 18.2. The molecule has 0 amide bonds. The molecule has 2 unspecified atom stereocenters. The highest BCUT2D eigenvalue weighted by atomic mass is 16.6. The van der Waals surface area contributed by atoms with Crippen LogP contribution in [0.1, 0.15) is 28.9 Å². The monoisotopic (exact) mass is 340 g/mol. The maximum absolute atomic E-state index is 11.5. The number of rotatable bonds is 7. The fourth-order valence-corrected chi connectivity index (χ4v) is 2.46. The van der Waals surface area contributed by atoms with Crippen molar-refractivity contribution in [1.29, 1.82) is 0 Å². The number of anilines is 1. The number of esters is 1. The number of nitro benzene ring substituents is 1. The van der Waals surface area contributed by atoms with E-state index >= 15 is 0 Å². The molecule has 0 aliphatic heterocycles. The number of hydrogen-bond acceptors (Lipinski definition) is 5. The van der Waals surface area contributed by atoms with Crippen LogP contribution in [-0.4, -0.2) is 18.0 Å². The van der Waals surface area contributed by atoms with E-state index in [2.05, 4.69) is 16.6 Å². The molecule has 2 rings (SSSR count). The SMILES string of the molecule is C=CC(C)C(Nc1ccc(C(=O)OC)cc1)c1ccc([N+](=O)[O-])cc1. The van der Waals surface area contributed by atoms with E-state index in [0.29, 0.717) is 5.56 Å². The van der Waals surface area contributed by atoms with Gasteiger partial charge < -0.3 is 10.1 Å². The van der Waals surface area contributed by atoms with Gasteiger partial charge in [0.1, 0.15) is 0 Å². The number of carbonyl (C=O) groups excluding carboxylic acids is 1. The molecule has 0 radical (unpaired) electrons. The molecule has 0 bridgehead atoms. The second-order valence-electron chi connectivity index (χ2n) is 5.63. The Morgan fingerprint density at radius 3 is 2.28 bits per heavy atom. The third-order valence-corrected chi connectivity index (χ3v) is 3.99. The summed E-state index contributed by atoms with van der Waals surface area (Å²) >= 11 is 0. The Hall–Kier alpha value is -3.15. The number of hydrogen-bond donors (Lipinski definition) is 1. The Labute approximate surface area is 146 Å². The molecule has 2 atom stereocenters. The van der Waals surface area contributed by atoms with Gasteiger partial charge in [-0.2, -0.15) is 0 Å². The van der Waals surface area contributed by atoms with Crippen LogP contribution in [0.15, 0.2) is 61.2 Å². The first-order valence-electron chi connectivity index (χ1n) is 7.78. The van der Waals surface area contributed by atoms with Gasteiger partial charge in [-0.05, 0) is 35.7 Å². The van der Waals surface area contributed by atoms with E-state index in [0.717, 1.165) is 11.3 Å². The zero-order chi connectivity index (χ0) is 18.4. The third-order valence-electron chi connectivity index (χ3n) is 3.99. The molecule has 0 saturated carbocycles. The molecule has 1 N–H and O–H groups in total. The molecule has 0 saturated heterocycles. The Morgan fingerprint density at radius 1 is 1.20 bits per heavy atom. The number of ether oxygens (including phenoxy) is 1. The lowest BCUT2D eigenvalue weighted by Crippen LogP contribution is -2.17. The van der Waals surface area contributed by atoms with E-state index < -0.39 is 10.9 Å². The van der Waals surface area contributed by atoms with Gasteiger partial charge in [0, 0.05) is 17.8 Å². The van der Waals surface area contributed by atoms with Gasteiger partial charge in [-0.3, -0.25) is 10.1 Å². The van der Waals surface area contributed by atoms with Gasteiger partial charge in [0.2, 0.25) is 0 Å². The molecule has 130 valence electrons. The minimum atomic E-state index is -0.422. The minimum absolute atomic E-state index is 0.0520. The normalized spacial score (nSPS) is 12.7. The number of benzene rings is 2. The molecule has 25 heavy (non-hydrogen) atoms. The molecule has 0 aliphatic rings. The first-order chi connectivity index (χ1) is 12.0. The van der Waals surface area contributed by atoms with Crippen LogP contribution in [0.25, 0.3) is 0 Å². The lowest BCUT2D eigenvalue weighted by molar-refractivity contribution is -0.384. The van der Waals surface area contributed by atoms with E-state index in [1.54, 1.807) is 36.4 Å². The van der Waals surface area contributed by atoms with Gasteiger partial charge in [-0.25, -0.2) is 4.79 Å². The number of carbonyl (C=O) groups is 1. The van der Waals surface area contributed by atoms with Crippen LogP contribution in [0, 0.1) is 16.0 Å². The summed E-state index contributed by atoms with van der Waals surface area (Å²) in [4.78, 5) is 21.9. The number of nitrogens with zero attached hydrogens (tertiary/aromatic N) is 1. The fourth-order valence-electron chi connectivity index (χ4n) is 2.46. The number of non-ortho nitro benzene ring substituents is 1. The Morgan fingerprint density at radius 2 is 1.80 bits per heavy atom. The van der Waals surface area contributed by atoms with Crippen LogP contribution in [0.3, 0.4) is 0 Å². The second-order valence-corrected chi connectivity index (χ2v) is 5.63. The first-order valence-corrected chi connectivity index (χ1v) is 7.78. The average molecular weight is 340 g/mol. The van der Waals surface area contributed by atoms with Crippen LogP contribution in [0.4, 0.5) is 11.4 Å². The maximum Gasteiger partial charge on any atom is 0.337 e. The summed E-state index contributed by atoms with van der Waals surface area (Å²) in [5.41, 5.74) is 2.26. The highest BCUT2D eigenvalue weighted by Crippen LogP contribution is 2.29. The lowest BCUT2D eigenvalue weighted by atomic mass is 9.94. The van der Waals surface area contributed by atoms with Crippen molar-refractivity contribution in [2.24, 2.45) is 5.92 Å². The zero-order valence-electron chi connectivity index (χ0n) is 14.1. The van der Waals surface area contributed by atoms with Gasteiger partial charge in [0.15, 0.2) is 0 Å². The summed E-state index contributed by atoms with van der Waals surface area (Å²) in [6.07, 6.45) is 1.82. The van der Waals surface area contributed by atoms with Crippen molar-refractivity contribution in [3.63, 3.8) is 0 Å². The lowest BCUT2D eigenvalue weighted by Gasteiger charge is -2.24. The van der Waals surface area contributed by atoms with Crippen molar-refractivity contribution in [1.82, 2.24) is 0 Å². The molecule has 2 aromatic rings. The quantitative estimate of drug-likeness (QED) is 0.350. The minimum Gasteiger partial charge on any atom is -0.465 e. The summed E-state index contributed by atoms with van der Waals surface area (Å²) in [6.45, 7) is 5.84. The molecular formula is C19H20N2O4. The summed E-state index contributed by atoms with van der Waals surface area (Å²) in [6, 6.07) is 13.3. The second kappa shape index (κ2) is 8.10. The van der Waals surface area contributed by atoms with Gasteiger partial charge in [0.25, 0.3) is 5.69 Å². The topological polar surface area (TPSA) is 81.5 Å². The summed E-state index contributed by atoms with van der Waals surface area (Å²) in [5.74, 6) is -0.306. The standard InChI is InChI=1S/C19H20N2O4/c1-4-13(2)18(14-7-11-17(12-8-14)21(23)24)20-16-9-5-15(6-10-16)19(22)25-3/h4-13,18,20H,1H2,2-3H3. The van der Waals surface area contributed by atoms with Crippen molar-refractivity contribution >= 4 is 17.3 Å². The van der Waals surface area contributed by atoms with Crippen LogP contribution < -0.4 is 5.32 Å². The maximum atomic E-state index is 11.5. The smallest absolute Gasteiger partial charge is 0.337 e. The zero-order valence-corrected chi connectivity index (χ0v) is 14.1. The van der Waals surface area contributed by atoms with E-state index in [9.17, 15) is 14.9 Å². The molecule has 2 aromatic carbocycles. The van der Waals surface area contributed by atoms with Crippen LogP contribution >= 0.6 is 0 Å². The highest BCUT2D eigenvalue weighted by Gasteiger charge is 2.18. The van der Waals surface area contributed by atoms with Gasteiger partial charge in [0.05, 0.1) is 23.6 Å². The Kier molecular flexibility index (Phi) is 5.89. The van der Waals surface area contributed by atoms with Crippen molar-refractivity contribution in [3.8, 4) is 0 Å². The van der Waals surface area contributed by atoms with Crippen molar-refractivity contribution < 1.29 is 14.5 Å². The highest BCUT2D eigenvalue weighted by molar-refractivity contribution is 5.89. The molecule has 0 heterocycles. The van der Waals surface area contributed by atoms with E-state index in [-0.39, 0.29) is 17.6 Å². The van der Waals surface area contributed by atoms with Crippen LogP contribution in [0.5, 0.6) is 0 Å². The summed E-state index contributed by atoms with van der Waals surface area (Å²) < 4.78 is 4.69. The molecule has 0 aromatic heterocycles. The number of nitro groups is 1. The van der Waals surface area contributed by atoms with Crippen molar-refractivity contribution in [2.45, 2.75) is 13.0 Å². The fraction of sp³-hybridized carbons (Fsp3) is 0.211. The average Bonchev–Trinajstić information content (AvgIpc) is 2.65.